The highest BCUT2D eigenvalue weighted by Gasteiger charge is 2.27. The van der Waals surface area contributed by atoms with Gasteiger partial charge in [0.2, 0.25) is 0 Å². The molecule has 0 aliphatic carbocycles. The first-order valence-corrected chi connectivity index (χ1v) is 12.9. The van der Waals surface area contributed by atoms with Crippen LogP contribution in [0.15, 0.2) is 61.3 Å². The van der Waals surface area contributed by atoms with Crippen molar-refractivity contribution in [1.82, 2.24) is 34.4 Å². The number of anilines is 3. The van der Waals surface area contributed by atoms with Gasteiger partial charge in [-0.05, 0) is 68.7 Å². The van der Waals surface area contributed by atoms with Crippen molar-refractivity contribution in [3.05, 3.63) is 66.9 Å². The van der Waals surface area contributed by atoms with E-state index >= 15 is 0 Å². The molecule has 6 rings (SSSR count). The fourth-order valence-electron chi connectivity index (χ4n) is 4.82. The number of aromatic nitrogens is 6. The Morgan fingerprint density at radius 3 is 2.80 bits per heavy atom. The molecule has 5 heterocycles. The van der Waals surface area contributed by atoms with Gasteiger partial charge in [-0.2, -0.15) is 5.10 Å². The molecule has 1 fully saturated rings. The van der Waals surface area contributed by atoms with Gasteiger partial charge in [0.05, 0.1) is 5.52 Å². The van der Waals surface area contributed by atoms with Gasteiger partial charge in [0.1, 0.15) is 35.5 Å². The van der Waals surface area contributed by atoms with E-state index in [0.29, 0.717) is 42.4 Å². The lowest BCUT2D eigenvalue weighted by Gasteiger charge is -2.39. The molecule has 1 aliphatic rings. The standard InChI is InChI=1S/C29H27N9O2/c1-4-5-27(39)36-12-13-37(20(3)16-36)25-9-7-23-28(35-25)29(32-17-30-23)34-21-6-8-24(19(2)14-21)40-22-10-11-38-26(15-22)31-18-33-38/h6-11,14-15,17-18,20H,12-13,16H2,1-3H3,(H,30,32,34). The second-order valence-electron chi connectivity index (χ2n) is 9.56. The second kappa shape index (κ2) is 10.5. The van der Waals surface area contributed by atoms with Crippen LogP contribution in [0, 0.1) is 18.8 Å². The molecule has 0 spiro atoms. The Hall–Kier alpha value is -5.24. The predicted octanol–water partition coefficient (Wildman–Crippen LogP) is 3.97. The van der Waals surface area contributed by atoms with Crippen LogP contribution in [0.1, 0.15) is 19.4 Å². The fourth-order valence-corrected chi connectivity index (χ4v) is 4.82. The molecule has 1 N–H and O–H groups in total. The number of carbonyl (C=O) groups excluding carboxylic acids is 1. The van der Waals surface area contributed by atoms with E-state index in [9.17, 15) is 4.79 Å². The molecular formula is C29H27N9O2. The average molecular weight is 534 g/mol. The van der Waals surface area contributed by atoms with Crippen LogP contribution in [-0.2, 0) is 4.79 Å². The first-order chi connectivity index (χ1) is 19.5. The normalized spacial score (nSPS) is 15.1. The Balaban J connectivity index is 1.21. The minimum atomic E-state index is -0.136. The number of nitrogens with one attached hydrogen (secondary N) is 1. The van der Waals surface area contributed by atoms with Gasteiger partial charge in [-0.3, -0.25) is 4.79 Å². The molecular weight excluding hydrogens is 506 g/mol. The molecule has 200 valence electrons. The van der Waals surface area contributed by atoms with Crippen molar-refractivity contribution >= 4 is 39.9 Å². The summed E-state index contributed by atoms with van der Waals surface area (Å²) in [7, 11) is 0. The van der Waals surface area contributed by atoms with Crippen LogP contribution in [0.25, 0.3) is 16.7 Å². The molecule has 0 saturated carbocycles. The number of pyridine rings is 2. The van der Waals surface area contributed by atoms with Crippen molar-refractivity contribution in [3.8, 4) is 23.3 Å². The molecule has 40 heavy (non-hydrogen) atoms. The Kier molecular flexibility index (Phi) is 6.57. The summed E-state index contributed by atoms with van der Waals surface area (Å²) in [5.74, 6) is 8.03. The third kappa shape index (κ3) is 4.94. The molecule has 5 aromatic rings. The van der Waals surface area contributed by atoms with Gasteiger partial charge >= 0.3 is 0 Å². The predicted molar refractivity (Wildman–Crippen MR) is 152 cm³/mol. The Bertz CT molecular complexity index is 1790. The number of piperazine rings is 1. The Morgan fingerprint density at radius 2 is 1.98 bits per heavy atom. The number of amides is 1. The molecule has 1 saturated heterocycles. The number of hydrogen-bond acceptors (Lipinski definition) is 9. The highest BCUT2D eigenvalue weighted by atomic mass is 16.5. The molecule has 1 atom stereocenters. The van der Waals surface area contributed by atoms with Gasteiger partial charge in [-0.25, -0.2) is 24.5 Å². The molecule has 1 unspecified atom stereocenters. The topological polar surface area (TPSA) is 114 Å². The van der Waals surface area contributed by atoms with E-state index in [1.165, 1.54) is 12.7 Å². The van der Waals surface area contributed by atoms with E-state index in [0.717, 1.165) is 28.3 Å². The quantitative estimate of drug-likeness (QED) is 0.335. The van der Waals surface area contributed by atoms with E-state index in [-0.39, 0.29) is 11.9 Å². The smallest absolute Gasteiger partial charge is 0.298 e. The van der Waals surface area contributed by atoms with E-state index in [4.69, 9.17) is 9.72 Å². The minimum absolute atomic E-state index is 0.0861. The van der Waals surface area contributed by atoms with Gasteiger partial charge < -0.3 is 19.9 Å². The summed E-state index contributed by atoms with van der Waals surface area (Å²) < 4.78 is 7.79. The lowest BCUT2D eigenvalue weighted by Crippen LogP contribution is -2.53. The van der Waals surface area contributed by atoms with Crippen LogP contribution in [0.5, 0.6) is 11.5 Å². The van der Waals surface area contributed by atoms with Crippen LogP contribution < -0.4 is 15.0 Å². The summed E-state index contributed by atoms with van der Waals surface area (Å²) in [6.45, 7) is 7.59. The maximum Gasteiger partial charge on any atom is 0.298 e. The fraction of sp³-hybridized carbons (Fsp3) is 0.241. The minimum Gasteiger partial charge on any atom is -0.457 e. The Labute approximate surface area is 230 Å². The summed E-state index contributed by atoms with van der Waals surface area (Å²) in [5, 5.41) is 7.51. The zero-order valence-electron chi connectivity index (χ0n) is 22.4. The average Bonchev–Trinajstić information content (AvgIpc) is 3.43. The number of benzene rings is 1. The van der Waals surface area contributed by atoms with Crippen molar-refractivity contribution in [1.29, 1.82) is 0 Å². The summed E-state index contributed by atoms with van der Waals surface area (Å²) in [5.41, 5.74) is 3.92. The maximum absolute atomic E-state index is 12.2. The van der Waals surface area contributed by atoms with E-state index in [1.54, 1.807) is 16.3 Å². The maximum atomic E-state index is 12.2. The molecule has 4 aromatic heterocycles. The first-order valence-electron chi connectivity index (χ1n) is 12.9. The summed E-state index contributed by atoms with van der Waals surface area (Å²) in [6, 6.07) is 13.5. The molecule has 11 nitrogen and oxygen atoms in total. The van der Waals surface area contributed by atoms with E-state index in [2.05, 4.69) is 49.0 Å². The van der Waals surface area contributed by atoms with Crippen molar-refractivity contribution < 1.29 is 9.53 Å². The number of nitrogens with zero attached hydrogens (tertiary/aromatic N) is 8. The third-order valence-electron chi connectivity index (χ3n) is 6.83. The second-order valence-corrected chi connectivity index (χ2v) is 9.56. The molecule has 1 aliphatic heterocycles. The monoisotopic (exact) mass is 533 g/mol. The van der Waals surface area contributed by atoms with Crippen molar-refractivity contribution in [2.24, 2.45) is 0 Å². The van der Waals surface area contributed by atoms with Gasteiger partial charge in [-0.15, -0.1) is 0 Å². The number of aryl methyl sites for hydroxylation is 1. The molecule has 0 bridgehead atoms. The number of ether oxygens (including phenoxy) is 1. The molecule has 11 heteroatoms. The zero-order chi connectivity index (χ0) is 27.6. The van der Waals surface area contributed by atoms with Gasteiger partial charge in [0.15, 0.2) is 11.5 Å². The SMILES string of the molecule is CC#CC(=O)N1CCN(c2ccc3ncnc(Nc4ccc(Oc5ccn6ncnc6c5)c(C)c4)c3n2)C(C)C1. The molecule has 1 aromatic carbocycles. The summed E-state index contributed by atoms with van der Waals surface area (Å²) >= 11 is 0. The summed E-state index contributed by atoms with van der Waals surface area (Å²) in [4.78, 5) is 34.3. The lowest BCUT2D eigenvalue weighted by molar-refractivity contribution is -0.125. The van der Waals surface area contributed by atoms with Gasteiger partial charge in [-0.1, -0.05) is 5.92 Å². The number of rotatable bonds is 5. The van der Waals surface area contributed by atoms with Crippen LogP contribution >= 0.6 is 0 Å². The number of fused-ring (bicyclic) bond motifs is 2. The summed E-state index contributed by atoms with van der Waals surface area (Å²) in [6.07, 6.45) is 4.84. The Morgan fingerprint density at radius 1 is 1.07 bits per heavy atom. The van der Waals surface area contributed by atoms with E-state index < -0.39 is 0 Å². The molecule has 0 radical (unpaired) electrons. The third-order valence-corrected chi connectivity index (χ3v) is 6.83. The van der Waals surface area contributed by atoms with Gasteiger partial charge in [0.25, 0.3) is 5.91 Å². The van der Waals surface area contributed by atoms with Gasteiger partial charge in [0, 0.05) is 43.6 Å². The van der Waals surface area contributed by atoms with Crippen LogP contribution in [0.4, 0.5) is 17.3 Å². The van der Waals surface area contributed by atoms with Crippen LogP contribution in [0.2, 0.25) is 0 Å². The first kappa shape index (κ1) is 25.1. The molecule has 1 amide bonds. The van der Waals surface area contributed by atoms with Crippen LogP contribution in [-0.4, -0.2) is 66.0 Å². The zero-order valence-corrected chi connectivity index (χ0v) is 22.4. The van der Waals surface area contributed by atoms with Crippen molar-refractivity contribution in [2.75, 3.05) is 29.9 Å². The number of carbonyl (C=O) groups is 1. The van der Waals surface area contributed by atoms with Crippen LogP contribution in [0.3, 0.4) is 0 Å². The number of hydrogen-bond donors (Lipinski definition) is 1. The highest BCUT2D eigenvalue weighted by molar-refractivity contribution is 5.93. The lowest BCUT2D eigenvalue weighted by atomic mass is 10.1. The van der Waals surface area contributed by atoms with Crippen molar-refractivity contribution in [2.45, 2.75) is 26.8 Å². The van der Waals surface area contributed by atoms with E-state index in [1.807, 2.05) is 55.6 Å². The largest absolute Gasteiger partial charge is 0.457 e. The highest BCUT2D eigenvalue weighted by Crippen LogP contribution is 2.30. The van der Waals surface area contributed by atoms with Crippen molar-refractivity contribution in [3.63, 3.8) is 0 Å².